The molecule has 5 atom stereocenters. The first-order chi connectivity index (χ1) is 8.13. The van der Waals surface area contributed by atoms with Crippen LogP contribution < -0.4 is 0 Å². The minimum absolute atomic E-state index is 0.928. The van der Waals surface area contributed by atoms with Crippen molar-refractivity contribution in [2.45, 2.75) is 30.5 Å². The van der Waals surface area contributed by atoms with Crippen LogP contribution in [0.2, 0.25) is 0 Å². The Kier molecular flexibility index (Phi) is 4.81. The van der Waals surface area contributed by atoms with Gasteiger partial charge in [0.2, 0.25) is 0 Å². The number of phosphoric acid groups is 1. The average Bonchev–Trinajstić information content (AvgIpc) is 2.27. The van der Waals surface area contributed by atoms with Gasteiger partial charge in [-0.15, -0.1) is 0 Å². The predicted molar refractivity (Wildman–Crippen MR) is 51.9 cm³/mol. The molecule has 0 saturated carbocycles. The Hall–Kier alpha value is -0.580. The van der Waals surface area contributed by atoms with Gasteiger partial charge in [-0.25, -0.2) is 9.36 Å². The highest BCUT2D eigenvalue weighted by molar-refractivity contribution is 7.46. The summed E-state index contributed by atoms with van der Waals surface area (Å²) in [6.45, 7) is -0.928. The van der Waals surface area contributed by atoms with Crippen molar-refractivity contribution >= 4 is 13.8 Å². The Bertz CT molecular complexity index is 352. The molecule has 0 aliphatic carbocycles. The molecule has 18 heavy (non-hydrogen) atoms. The van der Waals surface area contributed by atoms with E-state index >= 15 is 0 Å². The van der Waals surface area contributed by atoms with Gasteiger partial charge < -0.3 is 34.9 Å². The number of aliphatic hydroxyl groups excluding tert-OH is 4. The number of hydrogen-bond acceptors (Lipinski definition) is 8. The number of hydrogen-bond donors (Lipinski definition) is 6. The monoisotopic (exact) mass is 288 g/mol. The third-order valence-corrected chi connectivity index (χ3v) is 2.78. The molecule has 0 spiro atoms. The summed E-state index contributed by atoms with van der Waals surface area (Å²) in [7, 11) is -4.83. The summed E-state index contributed by atoms with van der Waals surface area (Å²) in [5, 5.41) is 37.2. The third kappa shape index (κ3) is 3.70. The van der Waals surface area contributed by atoms with Crippen LogP contribution in [0.5, 0.6) is 0 Å². The van der Waals surface area contributed by atoms with E-state index in [0.29, 0.717) is 0 Å². The molecule has 1 fully saturated rings. The van der Waals surface area contributed by atoms with Crippen molar-refractivity contribution in [3.8, 4) is 0 Å². The summed E-state index contributed by atoms with van der Waals surface area (Å²) < 4.78 is 18.8. The summed E-state index contributed by atoms with van der Waals surface area (Å²) in [6, 6.07) is 0. The van der Waals surface area contributed by atoms with Crippen LogP contribution in [0.25, 0.3) is 0 Å². The first-order valence-electron chi connectivity index (χ1n) is 4.76. The molecule has 0 unspecified atom stereocenters. The minimum Gasteiger partial charge on any atom is -0.455 e. The van der Waals surface area contributed by atoms with Crippen LogP contribution in [0.4, 0.5) is 0 Å². The molecule has 1 aliphatic heterocycles. The van der Waals surface area contributed by atoms with Crippen LogP contribution >= 0.6 is 7.82 Å². The fourth-order valence-corrected chi connectivity index (χ4v) is 1.72. The molecule has 0 aromatic rings. The Morgan fingerprint density at radius 3 is 2.33 bits per heavy atom. The second-order valence-electron chi connectivity index (χ2n) is 3.68. The van der Waals surface area contributed by atoms with Gasteiger partial charge >= 0.3 is 13.8 Å². The zero-order chi connectivity index (χ0) is 14.1. The minimum atomic E-state index is -4.83. The first kappa shape index (κ1) is 15.5. The molecule has 1 aliphatic rings. The van der Waals surface area contributed by atoms with E-state index in [-0.39, 0.29) is 0 Å². The number of aliphatic hydroxyl groups is 4. The Morgan fingerprint density at radius 2 is 1.83 bits per heavy atom. The van der Waals surface area contributed by atoms with Gasteiger partial charge in [0.25, 0.3) is 0 Å². The summed E-state index contributed by atoms with van der Waals surface area (Å²) >= 11 is 0. The molecular formula is C7H13O10P. The van der Waals surface area contributed by atoms with Gasteiger partial charge in [-0.2, -0.15) is 0 Å². The Morgan fingerprint density at radius 1 is 1.28 bits per heavy atom. The highest BCUT2D eigenvalue weighted by Crippen LogP contribution is 2.36. The second-order valence-corrected chi connectivity index (χ2v) is 4.92. The zero-order valence-corrected chi connectivity index (χ0v) is 9.75. The highest BCUT2D eigenvalue weighted by atomic mass is 31.2. The lowest BCUT2D eigenvalue weighted by Gasteiger charge is -2.36. The smallest absolute Gasteiger partial charge is 0.455 e. The highest BCUT2D eigenvalue weighted by Gasteiger charge is 2.46. The number of carbonyl (C=O) groups excluding carboxylic acids is 1. The van der Waals surface area contributed by atoms with Crippen LogP contribution in [0.15, 0.2) is 0 Å². The molecule has 0 aromatic carbocycles. The summed E-state index contributed by atoms with van der Waals surface area (Å²) in [5.41, 5.74) is 0. The van der Waals surface area contributed by atoms with E-state index in [9.17, 15) is 24.7 Å². The van der Waals surface area contributed by atoms with E-state index in [0.717, 1.165) is 0 Å². The fraction of sp³-hybridized carbons (Fsp3) is 0.857. The van der Waals surface area contributed by atoms with Crippen molar-refractivity contribution in [1.82, 2.24) is 0 Å². The topological polar surface area (TPSA) is 174 Å². The van der Waals surface area contributed by atoms with Crippen molar-refractivity contribution in [1.29, 1.82) is 0 Å². The fourth-order valence-electron chi connectivity index (χ4n) is 1.37. The average molecular weight is 288 g/mol. The maximum Gasteiger partial charge on any atom is 0.469 e. The van der Waals surface area contributed by atoms with Crippen LogP contribution in [0, 0.1) is 0 Å². The molecule has 0 amide bonds. The Labute approximate surface area is 101 Å². The van der Waals surface area contributed by atoms with Crippen molar-refractivity contribution < 1.29 is 48.8 Å². The van der Waals surface area contributed by atoms with Crippen LogP contribution in [0.3, 0.4) is 0 Å². The third-order valence-electron chi connectivity index (χ3n) is 2.30. The lowest BCUT2D eigenvalue weighted by Crippen LogP contribution is -2.59. The Balaban J connectivity index is 2.65. The van der Waals surface area contributed by atoms with E-state index in [1.54, 1.807) is 0 Å². The number of carbonyl (C=O) groups is 1. The maximum atomic E-state index is 11.0. The number of rotatable bonds is 4. The van der Waals surface area contributed by atoms with E-state index in [1.165, 1.54) is 0 Å². The van der Waals surface area contributed by atoms with Crippen LogP contribution in [-0.2, 0) is 18.6 Å². The molecular weight excluding hydrogens is 275 g/mol. The van der Waals surface area contributed by atoms with Gasteiger partial charge in [-0.05, 0) is 0 Å². The molecule has 0 aromatic heterocycles. The molecule has 0 bridgehead atoms. The predicted octanol–water partition coefficient (Wildman–Crippen LogP) is -3.54. The van der Waals surface area contributed by atoms with Gasteiger partial charge in [-0.1, -0.05) is 0 Å². The van der Waals surface area contributed by atoms with Gasteiger partial charge in [0.15, 0.2) is 12.2 Å². The van der Waals surface area contributed by atoms with Crippen molar-refractivity contribution in [3.63, 3.8) is 0 Å². The summed E-state index contributed by atoms with van der Waals surface area (Å²) in [6.07, 6.45) is -9.08. The van der Waals surface area contributed by atoms with Gasteiger partial charge in [-0.3, -0.25) is 4.52 Å². The first-order valence-corrected chi connectivity index (χ1v) is 6.29. The van der Waals surface area contributed by atoms with Gasteiger partial charge in [0.05, 0.1) is 6.61 Å². The summed E-state index contributed by atoms with van der Waals surface area (Å²) in [5.74, 6) is -1.27. The van der Waals surface area contributed by atoms with Crippen molar-refractivity contribution in [2.75, 3.05) is 6.61 Å². The molecule has 11 heteroatoms. The van der Waals surface area contributed by atoms with Gasteiger partial charge in [0.1, 0.15) is 18.3 Å². The molecule has 106 valence electrons. The van der Waals surface area contributed by atoms with E-state index < -0.39 is 50.9 Å². The zero-order valence-electron chi connectivity index (χ0n) is 8.86. The lowest BCUT2D eigenvalue weighted by atomic mass is 9.96. The quantitative estimate of drug-likeness (QED) is 0.224. The van der Waals surface area contributed by atoms with Crippen LogP contribution in [0.1, 0.15) is 0 Å². The molecule has 1 rings (SSSR count). The lowest BCUT2D eigenvalue weighted by molar-refractivity contribution is -0.217. The van der Waals surface area contributed by atoms with E-state index in [4.69, 9.17) is 14.9 Å². The van der Waals surface area contributed by atoms with E-state index in [1.807, 2.05) is 0 Å². The second kappa shape index (κ2) is 5.59. The molecule has 0 radical (unpaired) electrons. The van der Waals surface area contributed by atoms with Crippen molar-refractivity contribution in [2.24, 2.45) is 0 Å². The standard InChI is InChI=1S/C7H13O10P/c8-2(1-16-18(13,14)15)6-4(10)3(9)5(11)7(12)17-6/h2-6,8-11H,1H2,(H2,13,14,15)/t2-,3+,4+,5+,6-/m1/s1. The number of esters is 1. The van der Waals surface area contributed by atoms with Gasteiger partial charge in [0, 0.05) is 0 Å². The SMILES string of the molecule is O=C1O[C@H]([C@H](O)COP(=O)(O)O)[C@@H](O)[C@H](O)[C@@H]1O. The van der Waals surface area contributed by atoms with Crippen LogP contribution in [-0.4, -0.2) is 73.3 Å². The maximum absolute atomic E-state index is 11.0. The number of phosphoric ester groups is 1. The number of ether oxygens (including phenoxy) is 1. The van der Waals surface area contributed by atoms with Crippen molar-refractivity contribution in [3.05, 3.63) is 0 Å². The largest absolute Gasteiger partial charge is 0.469 e. The van der Waals surface area contributed by atoms with E-state index in [2.05, 4.69) is 9.26 Å². The number of cyclic esters (lactones) is 1. The summed E-state index contributed by atoms with van der Waals surface area (Å²) in [4.78, 5) is 27.8. The molecule has 1 saturated heterocycles. The molecule has 10 nitrogen and oxygen atoms in total. The molecule has 6 N–H and O–H groups in total. The normalized spacial score (nSPS) is 35.1. The molecule has 1 heterocycles.